The van der Waals surface area contributed by atoms with Crippen molar-refractivity contribution in [3.05, 3.63) is 23.9 Å². The van der Waals surface area contributed by atoms with E-state index in [-0.39, 0.29) is 0 Å². The number of hydrogen-bond donors (Lipinski definition) is 2. The maximum atomic E-state index is 4.07. The molecule has 1 saturated heterocycles. The van der Waals surface area contributed by atoms with Crippen LogP contribution in [0.25, 0.3) is 0 Å². The number of allylic oxidation sites excluding steroid dienone is 3. The van der Waals surface area contributed by atoms with Crippen LogP contribution in [0, 0.1) is 0 Å². The Morgan fingerprint density at radius 1 is 1.31 bits per heavy atom. The van der Waals surface area contributed by atoms with Gasteiger partial charge in [0.2, 0.25) is 0 Å². The van der Waals surface area contributed by atoms with E-state index in [9.17, 15) is 0 Å². The van der Waals surface area contributed by atoms with Crippen molar-refractivity contribution in [1.82, 2.24) is 10.6 Å². The van der Waals surface area contributed by atoms with Gasteiger partial charge < -0.3 is 10.6 Å². The molecule has 0 amide bonds. The monoisotopic (exact) mass is 218 g/mol. The summed E-state index contributed by atoms with van der Waals surface area (Å²) in [5.41, 5.74) is 1.01. The third kappa shape index (κ3) is 3.62. The Morgan fingerprint density at radius 3 is 3.06 bits per heavy atom. The topological polar surface area (TPSA) is 48.8 Å². The fourth-order valence-corrected chi connectivity index (χ4v) is 1.78. The van der Waals surface area contributed by atoms with Gasteiger partial charge in [-0.25, -0.2) is 0 Å². The SMILES string of the molecule is C1=CCNC(C=NN=CC2CCCCN2)=C1. The van der Waals surface area contributed by atoms with E-state index >= 15 is 0 Å². The molecule has 4 heteroatoms. The first-order valence-electron chi connectivity index (χ1n) is 5.86. The number of rotatable bonds is 3. The minimum absolute atomic E-state index is 0.402. The summed E-state index contributed by atoms with van der Waals surface area (Å²) in [7, 11) is 0. The van der Waals surface area contributed by atoms with Gasteiger partial charge in [0.05, 0.1) is 11.9 Å². The molecule has 1 unspecified atom stereocenters. The van der Waals surface area contributed by atoms with Crippen molar-refractivity contribution >= 4 is 12.4 Å². The van der Waals surface area contributed by atoms with E-state index in [2.05, 4.69) is 26.9 Å². The molecule has 0 spiro atoms. The fraction of sp³-hybridized carbons (Fsp3) is 0.500. The smallest absolute Gasteiger partial charge is 0.0727 e. The van der Waals surface area contributed by atoms with Gasteiger partial charge in [0, 0.05) is 18.8 Å². The molecule has 0 aliphatic carbocycles. The summed E-state index contributed by atoms with van der Waals surface area (Å²) < 4.78 is 0. The van der Waals surface area contributed by atoms with Crippen molar-refractivity contribution in [3.8, 4) is 0 Å². The molecule has 0 radical (unpaired) electrons. The molecule has 0 aromatic rings. The van der Waals surface area contributed by atoms with Gasteiger partial charge in [0.1, 0.15) is 0 Å². The van der Waals surface area contributed by atoms with Crippen LogP contribution in [-0.4, -0.2) is 31.6 Å². The van der Waals surface area contributed by atoms with Gasteiger partial charge in [-0.2, -0.15) is 10.2 Å². The Morgan fingerprint density at radius 2 is 2.31 bits per heavy atom. The summed E-state index contributed by atoms with van der Waals surface area (Å²) >= 11 is 0. The first-order chi connectivity index (χ1) is 7.95. The van der Waals surface area contributed by atoms with E-state index in [0.29, 0.717) is 6.04 Å². The van der Waals surface area contributed by atoms with E-state index < -0.39 is 0 Å². The molecule has 1 fully saturated rings. The molecule has 4 nitrogen and oxygen atoms in total. The lowest BCUT2D eigenvalue weighted by atomic mass is 10.1. The molecule has 2 aliphatic heterocycles. The molecular weight excluding hydrogens is 200 g/mol. The van der Waals surface area contributed by atoms with E-state index in [1.807, 2.05) is 18.4 Å². The molecule has 86 valence electrons. The Hall–Kier alpha value is -1.42. The average molecular weight is 218 g/mol. The van der Waals surface area contributed by atoms with Gasteiger partial charge in [-0.3, -0.25) is 0 Å². The van der Waals surface area contributed by atoms with Crippen molar-refractivity contribution < 1.29 is 0 Å². The summed E-state index contributed by atoms with van der Waals surface area (Å²) in [5, 5.41) is 14.7. The lowest BCUT2D eigenvalue weighted by Gasteiger charge is -2.18. The summed E-state index contributed by atoms with van der Waals surface area (Å²) in [5.74, 6) is 0. The molecule has 2 aliphatic rings. The lowest BCUT2D eigenvalue weighted by Crippen LogP contribution is -2.34. The van der Waals surface area contributed by atoms with E-state index in [1.54, 1.807) is 6.21 Å². The number of dihydropyridines is 1. The molecule has 2 N–H and O–H groups in total. The second-order valence-electron chi connectivity index (χ2n) is 4.00. The van der Waals surface area contributed by atoms with Crippen molar-refractivity contribution in [2.45, 2.75) is 25.3 Å². The van der Waals surface area contributed by atoms with Crippen LogP contribution in [0.2, 0.25) is 0 Å². The molecule has 16 heavy (non-hydrogen) atoms. The summed E-state index contributed by atoms with van der Waals surface area (Å²) in [4.78, 5) is 0. The molecule has 0 aromatic carbocycles. The minimum Gasteiger partial charge on any atom is -0.380 e. The van der Waals surface area contributed by atoms with Crippen LogP contribution >= 0.6 is 0 Å². The second kappa shape index (κ2) is 6.23. The van der Waals surface area contributed by atoms with Gasteiger partial charge in [0.25, 0.3) is 0 Å². The standard InChI is InChI=1S/C12H18N4/c1-3-7-13-11(5-1)9-15-16-10-12-6-2-4-8-14-12/h1,3,5,9-10,12-14H,2,4,6-8H2. The first-order valence-corrected chi connectivity index (χ1v) is 5.86. The summed E-state index contributed by atoms with van der Waals surface area (Å²) in [6, 6.07) is 0.402. The molecule has 2 rings (SSSR count). The third-order valence-electron chi connectivity index (χ3n) is 2.69. The van der Waals surface area contributed by atoms with Crippen molar-refractivity contribution in [2.75, 3.05) is 13.1 Å². The van der Waals surface area contributed by atoms with Gasteiger partial charge in [-0.15, -0.1) is 0 Å². The van der Waals surface area contributed by atoms with Crippen LogP contribution < -0.4 is 10.6 Å². The van der Waals surface area contributed by atoms with Crippen LogP contribution in [0.15, 0.2) is 34.1 Å². The van der Waals surface area contributed by atoms with Gasteiger partial charge >= 0.3 is 0 Å². The highest BCUT2D eigenvalue weighted by molar-refractivity contribution is 5.79. The quantitative estimate of drug-likeness (QED) is 0.553. The highest BCUT2D eigenvalue weighted by Gasteiger charge is 2.08. The third-order valence-corrected chi connectivity index (χ3v) is 2.69. The predicted octanol–water partition coefficient (Wildman–Crippen LogP) is 1.23. The van der Waals surface area contributed by atoms with Crippen molar-refractivity contribution in [1.29, 1.82) is 0 Å². The fourth-order valence-electron chi connectivity index (χ4n) is 1.78. The van der Waals surface area contributed by atoms with E-state index in [4.69, 9.17) is 0 Å². The molecule has 0 bridgehead atoms. The zero-order valence-electron chi connectivity index (χ0n) is 9.39. The van der Waals surface area contributed by atoms with Gasteiger partial charge in [-0.1, -0.05) is 18.6 Å². The Bertz CT molecular complexity index is 322. The number of hydrogen-bond acceptors (Lipinski definition) is 4. The van der Waals surface area contributed by atoms with E-state index in [0.717, 1.165) is 18.8 Å². The Kier molecular flexibility index (Phi) is 4.31. The molecular formula is C12H18N4. The van der Waals surface area contributed by atoms with Crippen LogP contribution in [-0.2, 0) is 0 Å². The minimum atomic E-state index is 0.402. The van der Waals surface area contributed by atoms with Gasteiger partial charge in [0.15, 0.2) is 0 Å². The number of nitrogens with zero attached hydrogens (tertiary/aromatic N) is 2. The summed E-state index contributed by atoms with van der Waals surface area (Å²) in [6.45, 7) is 1.96. The van der Waals surface area contributed by atoms with Crippen LogP contribution in [0.3, 0.4) is 0 Å². The Balaban J connectivity index is 1.76. The zero-order valence-corrected chi connectivity index (χ0v) is 9.39. The first kappa shape index (κ1) is 11.1. The maximum Gasteiger partial charge on any atom is 0.0727 e. The highest BCUT2D eigenvalue weighted by atomic mass is 15.2. The average Bonchev–Trinajstić information content (AvgIpc) is 2.37. The molecule has 2 heterocycles. The summed E-state index contributed by atoms with van der Waals surface area (Å²) in [6.07, 6.45) is 13.4. The predicted molar refractivity (Wildman–Crippen MR) is 67.9 cm³/mol. The lowest BCUT2D eigenvalue weighted by molar-refractivity contribution is 0.476. The van der Waals surface area contributed by atoms with Crippen LogP contribution in [0.5, 0.6) is 0 Å². The molecule has 1 atom stereocenters. The van der Waals surface area contributed by atoms with Gasteiger partial charge in [-0.05, 0) is 25.5 Å². The normalized spacial score (nSPS) is 26.0. The van der Waals surface area contributed by atoms with Crippen molar-refractivity contribution in [3.63, 3.8) is 0 Å². The number of piperidine rings is 1. The molecule has 0 saturated carbocycles. The highest BCUT2D eigenvalue weighted by Crippen LogP contribution is 2.04. The second-order valence-corrected chi connectivity index (χ2v) is 4.00. The Labute approximate surface area is 96.2 Å². The molecule has 0 aromatic heterocycles. The van der Waals surface area contributed by atoms with E-state index in [1.165, 1.54) is 19.3 Å². The largest absolute Gasteiger partial charge is 0.380 e. The van der Waals surface area contributed by atoms with Crippen LogP contribution in [0.4, 0.5) is 0 Å². The zero-order chi connectivity index (χ0) is 11.1. The number of nitrogens with one attached hydrogen (secondary N) is 2. The van der Waals surface area contributed by atoms with Crippen molar-refractivity contribution in [2.24, 2.45) is 10.2 Å². The van der Waals surface area contributed by atoms with Crippen LogP contribution in [0.1, 0.15) is 19.3 Å². The maximum absolute atomic E-state index is 4.07.